The van der Waals surface area contributed by atoms with Gasteiger partial charge in [-0.1, -0.05) is 0 Å². The first-order valence-corrected chi connectivity index (χ1v) is 8.41. The number of aryl methyl sites for hydroxylation is 1. The van der Waals surface area contributed by atoms with Crippen LogP contribution in [0.3, 0.4) is 0 Å². The van der Waals surface area contributed by atoms with E-state index in [0.29, 0.717) is 0 Å². The Kier molecular flexibility index (Phi) is 8.26. The number of aliphatic carboxylic acids is 2. The first kappa shape index (κ1) is 20.8. The van der Waals surface area contributed by atoms with Crippen LogP contribution in [0, 0.1) is 6.92 Å². The van der Waals surface area contributed by atoms with Gasteiger partial charge in [0.05, 0.1) is 0 Å². The van der Waals surface area contributed by atoms with E-state index >= 15 is 0 Å². The van der Waals surface area contributed by atoms with E-state index in [-0.39, 0.29) is 0 Å². The lowest BCUT2D eigenvalue weighted by Gasteiger charge is -2.22. The van der Waals surface area contributed by atoms with Crippen molar-refractivity contribution in [1.82, 2.24) is 4.90 Å². The largest absolute Gasteiger partial charge is 0.479 e. The Morgan fingerprint density at radius 2 is 1.84 bits per heavy atom. The topological polar surface area (TPSA) is 131 Å². The van der Waals surface area contributed by atoms with Gasteiger partial charge < -0.3 is 25.3 Å². The minimum atomic E-state index is -2.27. The molecule has 0 radical (unpaired) electrons. The summed E-state index contributed by atoms with van der Waals surface area (Å²) in [5, 5.41) is 34.7. The van der Waals surface area contributed by atoms with Crippen LogP contribution in [0.25, 0.3) is 6.08 Å². The van der Waals surface area contributed by atoms with Gasteiger partial charge in [0.15, 0.2) is 12.2 Å². The molecule has 0 saturated carbocycles. The van der Waals surface area contributed by atoms with E-state index in [0.717, 1.165) is 18.9 Å². The lowest BCUT2D eigenvalue weighted by molar-refractivity contribution is -0.165. The molecule has 0 unspecified atom stereocenters. The van der Waals surface area contributed by atoms with E-state index in [9.17, 15) is 9.59 Å². The number of carboxylic acid groups (broad SMARTS) is 2. The quantitative estimate of drug-likeness (QED) is 0.599. The molecule has 8 nitrogen and oxygen atoms in total. The van der Waals surface area contributed by atoms with Crippen molar-refractivity contribution < 1.29 is 30.0 Å². The van der Waals surface area contributed by atoms with Crippen LogP contribution in [-0.4, -0.2) is 75.4 Å². The maximum atomic E-state index is 9.77. The highest BCUT2D eigenvalue weighted by Crippen LogP contribution is 2.17. The molecule has 0 fully saturated rings. The normalized spacial score (nSPS) is 16.6. The number of carboxylic acids is 2. The van der Waals surface area contributed by atoms with Crippen LogP contribution in [0.4, 0.5) is 0 Å². The van der Waals surface area contributed by atoms with Crippen molar-refractivity contribution in [1.29, 1.82) is 0 Å². The highest BCUT2D eigenvalue weighted by atomic mass is 32.1. The SMILES string of the molecule is Cc1ccsc1/C=C/C1=NCCCN1C.O=C(O)[C@H](O)[C@@H](O)C(=O)O. The molecule has 0 aliphatic carbocycles. The average molecular weight is 370 g/mol. The van der Waals surface area contributed by atoms with Crippen molar-refractivity contribution >= 4 is 35.2 Å². The number of thiophene rings is 1. The second kappa shape index (κ2) is 9.92. The van der Waals surface area contributed by atoms with Gasteiger partial charge in [0.2, 0.25) is 0 Å². The van der Waals surface area contributed by atoms with Crippen LogP contribution in [0.5, 0.6) is 0 Å². The summed E-state index contributed by atoms with van der Waals surface area (Å²) >= 11 is 1.78. The Morgan fingerprint density at radius 3 is 2.28 bits per heavy atom. The molecule has 0 aromatic carbocycles. The van der Waals surface area contributed by atoms with E-state index in [1.807, 2.05) is 0 Å². The van der Waals surface area contributed by atoms with Gasteiger partial charge >= 0.3 is 11.9 Å². The molecule has 1 aliphatic rings. The monoisotopic (exact) mass is 370 g/mol. The van der Waals surface area contributed by atoms with E-state index in [2.05, 4.69) is 47.5 Å². The van der Waals surface area contributed by atoms with Gasteiger partial charge in [0, 0.05) is 25.0 Å². The fourth-order valence-electron chi connectivity index (χ4n) is 1.89. The summed E-state index contributed by atoms with van der Waals surface area (Å²) in [5.74, 6) is -2.43. The van der Waals surface area contributed by atoms with Crippen molar-refractivity contribution in [2.45, 2.75) is 25.6 Å². The van der Waals surface area contributed by atoms with Gasteiger partial charge in [-0.25, -0.2) is 9.59 Å². The molecule has 0 saturated heterocycles. The van der Waals surface area contributed by atoms with Crippen LogP contribution in [0.2, 0.25) is 0 Å². The highest BCUT2D eigenvalue weighted by Gasteiger charge is 2.29. The number of hydrogen-bond donors (Lipinski definition) is 4. The van der Waals surface area contributed by atoms with Gasteiger partial charge in [0.25, 0.3) is 0 Å². The highest BCUT2D eigenvalue weighted by molar-refractivity contribution is 7.11. The molecular weight excluding hydrogens is 348 g/mol. The van der Waals surface area contributed by atoms with Crippen LogP contribution >= 0.6 is 11.3 Å². The summed E-state index contributed by atoms with van der Waals surface area (Å²) in [6.45, 7) is 4.22. The third-order valence-corrected chi connectivity index (χ3v) is 4.39. The van der Waals surface area contributed by atoms with Gasteiger partial charge in [-0.15, -0.1) is 11.3 Å². The molecule has 9 heteroatoms. The smallest absolute Gasteiger partial charge is 0.335 e. The minimum absolute atomic E-state index is 0.966. The van der Waals surface area contributed by atoms with E-state index in [1.54, 1.807) is 11.3 Å². The molecule has 25 heavy (non-hydrogen) atoms. The molecule has 2 atom stereocenters. The molecule has 0 bridgehead atoms. The van der Waals surface area contributed by atoms with Crippen LogP contribution in [0.1, 0.15) is 16.9 Å². The first-order valence-electron chi connectivity index (χ1n) is 7.53. The zero-order chi connectivity index (χ0) is 19.0. The van der Waals surface area contributed by atoms with Crippen LogP contribution in [0.15, 0.2) is 22.5 Å². The van der Waals surface area contributed by atoms with Crippen LogP contribution < -0.4 is 0 Å². The van der Waals surface area contributed by atoms with Crippen LogP contribution in [-0.2, 0) is 9.59 Å². The average Bonchev–Trinajstić information content (AvgIpc) is 2.98. The van der Waals surface area contributed by atoms with Crippen molar-refractivity contribution in [3.05, 3.63) is 28.0 Å². The van der Waals surface area contributed by atoms with Crippen molar-refractivity contribution in [3.63, 3.8) is 0 Å². The summed E-state index contributed by atoms with van der Waals surface area (Å²) in [6.07, 6.45) is 0.930. The number of likely N-dealkylation sites (N-methyl/N-ethyl adjacent to an activating group) is 1. The zero-order valence-corrected chi connectivity index (χ0v) is 14.8. The number of aliphatic hydroxyl groups is 2. The molecule has 4 N–H and O–H groups in total. The third-order valence-electron chi connectivity index (χ3n) is 3.41. The summed E-state index contributed by atoms with van der Waals surface area (Å²) in [6, 6.07) is 2.15. The fourth-order valence-corrected chi connectivity index (χ4v) is 2.71. The van der Waals surface area contributed by atoms with E-state index in [1.165, 1.54) is 16.9 Å². The Bertz CT molecular complexity index is 637. The molecule has 1 aromatic rings. The molecule has 0 amide bonds. The predicted octanol–water partition coefficient (Wildman–Crippen LogP) is 0.681. The molecule has 2 rings (SSSR count). The Balaban J connectivity index is 0.000000275. The number of nitrogens with zero attached hydrogens (tertiary/aromatic N) is 2. The molecule has 1 aromatic heterocycles. The molecule has 138 valence electrons. The van der Waals surface area contributed by atoms with Crippen molar-refractivity contribution in [2.24, 2.45) is 4.99 Å². The maximum Gasteiger partial charge on any atom is 0.335 e. The number of amidine groups is 1. The molecular formula is C16H22N2O6S. The minimum Gasteiger partial charge on any atom is -0.479 e. The second-order valence-corrected chi connectivity index (χ2v) is 6.33. The number of carbonyl (C=O) groups is 2. The molecule has 2 heterocycles. The van der Waals surface area contributed by atoms with Crippen molar-refractivity contribution in [2.75, 3.05) is 20.1 Å². The van der Waals surface area contributed by atoms with Crippen molar-refractivity contribution in [3.8, 4) is 0 Å². The van der Waals surface area contributed by atoms with Gasteiger partial charge in [-0.05, 0) is 42.5 Å². The number of aliphatic hydroxyl groups excluding tert-OH is 2. The molecule has 0 spiro atoms. The van der Waals surface area contributed by atoms with Gasteiger partial charge in [-0.3, -0.25) is 4.99 Å². The van der Waals surface area contributed by atoms with E-state index in [4.69, 9.17) is 20.4 Å². The first-order chi connectivity index (χ1) is 11.7. The summed E-state index contributed by atoms with van der Waals surface area (Å²) in [4.78, 5) is 27.6. The zero-order valence-electron chi connectivity index (χ0n) is 14.0. The Hall–Kier alpha value is -2.23. The number of aliphatic imine (C=N–C) groups is 1. The standard InChI is InChI=1S/C12H16N2S.C4H6O6/c1-10-6-9-15-11(10)4-5-12-13-7-3-8-14(12)2;5-1(3(7)8)2(6)4(9)10/h4-6,9H,3,7-8H2,1-2H3;1-2,5-6H,(H,7,8)(H,9,10)/b5-4+;/t;1-,2-/m.1/s1. The van der Waals surface area contributed by atoms with Gasteiger partial charge in [-0.2, -0.15) is 0 Å². The Labute approximate surface area is 149 Å². The number of hydrogen-bond acceptors (Lipinski definition) is 7. The summed E-state index contributed by atoms with van der Waals surface area (Å²) in [7, 11) is 2.10. The van der Waals surface area contributed by atoms with E-state index < -0.39 is 24.1 Å². The predicted molar refractivity (Wildman–Crippen MR) is 94.9 cm³/mol. The number of rotatable bonds is 5. The lowest BCUT2D eigenvalue weighted by Crippen LogP contribution is -2.39. The third kappa shape index (κ3) is 6.65. The fraction of sp³-hybridized carbons (Fsp3) is 0.438. The Morgan fingerprint density at radius 1 is 1.24 bits per heavy atom. The summed E-state index contributed by atoms with van der Waals surface area (Å²) in [5.41, 5.74) is 1.34. The summed E-state index contributed by atoms with van der Waals surface area (Å²) < 4.78 is 0. The molecule has 1 aliphatic heterocycles. The lowest BCUT2D eigenvalue weighted by atomic mass is 10.2. The van der Waals surface area contributed by atoms with Gasteiger partial charge in [0.1, 0.15) is 5.84 Å². The second-order valence-electron chi connectivity index (χ2n) is 5.38. The maximum absolute atomic E-state index is 9.77.